The normalized spacial score (nSPS) is 11.8. The molecule has 0 aliphatic heterocycles. The van der Waals surface area contributed by atoms with Crippen molar-refractivity contribution >= 4 is 35.0 Å². The van der Waals surface area contributed by atoms with Crippen molar-refractivity contribution in [1.29, 1.82) is 0 Å². The summed E-state index contributed by atoms with van der Waals surface area (Å²) in [5, 5.41) is 3.60. The summed E-state index contributed by atoms with van der Waals surface area (Å²) in [6, 6.07) is 12.1. The molecule has 0 saturated carbocycles. The van der Waals surface area contributed by atoms with Gasteiger partial charge in [0.05, 0.1) is 10.0 Å². The van der Waals surface area contributed by atoms with Crippen LogP contribution in [0.5, 0.6) is 5.75 Å². The van der Waals surface area contributed by atoms with Gasteiger partial charge in [0.25, 0.3) is 5.91 Å². The molecule has 2 aromatic rings. The first kappa shape index (κ1) is 24.0. The number of nitrogens with zero attached hydrogens (tertiary/aromatic N) is 1. The first-order valence-electron chi connectivity index (χ1n) is 9.97. The molecule has 0 aliphatic rings. The number of likely N-dealkylation sites (N-methyl/N-ethyl adjacent to an activating group) is 1. The molecule has 0 saturated heterocycles. The van der Waals surface area contributed by atoms with E-state index in [2.05, 4.69) is 19.2 Å². The Hall–Kier alpha value is -2.24. The van der Waals surface area contributed by atoms with E-state index in [-0.39, 0.29) is 30.9 Å². The molecule has 0 aromatic heterocycles. The first-order valence-corrected chi connectivity index (χ1v) is 10.7. The molecule has 2 rings (SSSR count). The quantitative estimate of drug-likeness (QED) is 0.581. The van der Waals surface area contributed by atoms with E-state index < -0.39 is 6.04 Å². The van der Waals surface area contributed by atoms with Gasteiger partial charge in [-0.15, -0.1) is 0 Å². The summed E-state index contributed by atoms with van der Waals surface area (Å²) < 4.78 is 5.84. The number of nitrogens with one attached hydrogen (secondary N) is 1. The minimum atomic E-state index is -0.671. The first-order chi connectivity index (χ1) is 14.2. The lowest BCUT2D eigenvalue weighted by Crippen LogP contribution is -2.49. The molecule has 0 unspecified atom stereocenters. The van der Waals surface area contributed by atoms with E-state index in [1.165, 1.54) is 4.90 Å². The molecule has 0 heterocycles. The fraction of sp³-hybridized carbons (Fsp3) is 0.391. The van der Waals surface area contributed by atoms with Crippen LogP contribution < -0.4 is 10.1 Å². The van der Waals surface area contributed by atoms with Gasteiger partial charge in [0, 0.05) is 13.1 Å². The van der Waals surface area contributed by atoms with Crippen LogP contribution in [0.25, 0.3) is 0 Å². The van der Waals surface area contributed by atoms with Gasteiger partial charge in [-0.05, 0) is 49.1 Å². The van der Waals surface area contributed by atoms with E-state index in [0.29, 0.717) is 22.3 Å². The third-order valence-electron chi connectivity index (χ3n) is 4.75. The SMILES string of the molecule is CCNC(=O)[C@@H](C)N(Cc1ccc(Cl)c(Cl)c1)C(=O)COc1ccccc1C(C)C. The summed E-state index contributed by atoms with van der Waals surface area (Å²) in [4.78, 5) is 27.0. The minimum absolute atomic E-state index is 0.172. The number of para-hydroxylation sites is 1. The highest BCUT2D eigenvalue weighted by molar-refractivity contribution is 6.42. The van der Waals surface area contributed by atoms with E-state index in [1.54, 1.807) is 25.1 Å². The highest BCUT2D eigenvalue weighted by Crippen LogP contribution is 2.26. The summed E-state index contributed by atoms with van der Waals surface area (Å²) >= 11 is 12.1. The Morgan fingerprint density at radius 3 is 2.40 bits per heavy atom. The van der Waals surface area contributed by atoms with Crippen molar-refractivity contribution in [1.82, 2.24) is 10.2 Å². The summed E-state index contributed by atoms with van der Waals surface area (Å²) in [6.07, 6.45) is 0. The molecule has 7 heteroatoms. The molecule has 0 radical (unpaired) electrons. The number of carbonyl (C=O) groups excluding carboxylic acids is 2. The predicted molar refractivity (Wildman–Crippen MR) is 121 cm³/mol. The van der Waals surface area contributed by atoms with Crippen molar-refractivity contribution in [2.75, 3.05) is 13.2 Å². The minimum Gasteiger partial charge on any atom is -0.483 e. The van der Waals surface area contributed by atoms with Crippen LogP contribution >= 0.6 is 23.2 Å². The van der Waals surface area contributed by atoms with Crippen LogP contribution in [0.1, 0.15) is 44.7 Å². The summed E-state index contributed by atoms with van der Waals surface area (Å²) in [6.45, 7) is 8.19. The molecule has 1 N–H and O–H groups in total. The second-order valence-electron chi connectivity index (χ2n) is 7.32. The fourth-order valence-corrected chi connectivity index (χ4v) is 3.37. The Labute approximate surface area is 188 Å². The molecule has 0 spiro atoms. The smallest absolute Gasteiger partial charge is 0.261 e. The zero-order valence-electron chi connectivity index (χ0n) is 17.7. The fourth-order valence-electron chi connectivity index (χ4n) is 3.05. The Morgan fingerprint density at radius 1 is 1.07 bits per heavy atom. The molecule has 0 fully saturated rings. The number of amides is 2. The molecule has 162 valence electrons. The second kappa shape index (κ2) is 11.2. The van der Waals surface area contributed by atoms with Gasteiger partial charge in [-0.25, -0.2) is 0 Å². The van der Waals surface area contributed by atoms with Gasteiger partial charge in [0.15, 0.2) is 6.61 Å². The Balaban J connectivity index is 2.21. The highest BCUT2D eigenvalue weighted by Gasteiger charge is 2.26. The van der Waals surface area contributed by atoms with E-state index in [9.17, 15) is 9.59 Å². The predicted octanol–water partition coefficient (Wildman–Crippen LogP) is 5.05. The number of carbonyl (C=O) groups is 2. The highest BCUT2D eigenvalue weighted by atomic mass is 35.5. The number of hydrogen-bond donors (Lipinski definition) is 1. The third kappa shape index (κ3) is 6.38. The van der Waals surface area contributed by atoms with Crippen LogP contribution in [-0.2, 0) is 16.1 Å². The summed E-state index contributed by atoms with van der Waals surface area (Å²) in [5.41, 5.74) is 1.80. The Kier molecular flexibility index (Phi) is 9.00. The van der Waals surface area contributed by atoms with Crippen LogP contribution in [0.4, 0.5) is 0 Å². The van der Waals surface area contributed by atoms with Crippen LogP contribution in [0, 0.1) is 0 Å². The molecular formula is C23H28Cl2N2O3. The van der Waals surface area contributed by atoms with Gasteiger partial charge in [0.2, 0.25) is 5.91 Å². The van der Waals surface area contributed by atoms with Gasteiger partial charge in [-0.3, -0.25) is 9.59 Å². The molecule has 0 bridgehead atoms. The van der Waals surface area contributed by atoms with Gasteiger partial charge in [0.1, 0.15) is 11.8 Å². The number of ether oxygens (including phenoxy) is 1. The number of halogens is 2. The van der Waals surface area contributed by atoms with Crippen LogP contribution in [0.2, 0.25) is 10.0 Å². The zero-order valence-corrected chi connectivity index (χ0v) is 19.3. The van der Waals surface area contributed by atoms with E-state index in [1.807, 2.05) is 31.2 Å². The van der Waals surface area contributed by atoms with E-state index in [0.717, 1.165) is 11.1 Å². The van der Waals surface area contributed by atoms with E-state index >= 15 is 0 Å². The monoisotopic (exact) mass is 450 g/mol. The van der Waals surface area contributed by atoms with Gasteiger partial charge in [-0.1, -0.05) is 61.3 Å². The van der Waals surface area contributed by atoms with Crippen molar-refractivity contribution in [2.45, 2.75) is 46.2 Å². The Morgan fingerprint density at radius 2 is 1.77 bits per heavy atom. The van der Waals surface area contributed by atoms with Gasteiger partial charge >= 0.3 is 0 Å². The van der Waals surface area contributed by atoms with E-state index in [4.69, 9.17) is 27.9 Å². The molecular weight excluding hydrogens is 423 g/mol. The zero-order chi connectivity index (χ0) is 22.3. The molecule has 30 heavy (non-hydrogen) atoms. The standard InChI is InChI=1S/C23H28Cl2N2O3/c1-5-26-23(29)16(4)27(13-17-10-11-19(24)20(25)12-17)22(28)14-30-21-9-7-6-8-18(21)15(2)3/h6-12,15-16H,5,13-14H2,1-4H3,(H,26,29)/t16-/m1/s1. The van der Waals surface area contributed by atoms with Crippen LogP contribution in [0.3, 0.4) is 0 Å². The lowest BCUT2D eigenvalue weighted by Gasteiger charge is -2.29. The molecule has 2 amide bonds. The maximum absolute atomic E-state index is 13.1. The van der Waals surface area contributed by atoms with Crippen molar-refractivity contribution in [3.05, 3.63) is 63.6 Å². The third-order valence-corrected chi connectivity index (χ3v) is 5.49. The summed E-state index contributed by atoms with van der Waals surface area (Å²) in [5.74, 6) is 0.408. The average molecular weight is 451 g/mol. The Bertz CT molecular complexity index is 887. The van der Waals surface area contributed by atoms with Crippen LogP contribution in [0.15, 0.2) is 42.5 Å². The van der Waals surface area contributed by atoms with Crippen molar-refractivity contribution in [3.8, 4) is 5.75 Å². The second-order valence-corrected chi connectivity index (χ2v) is 8.14. The maximum Gasteiger partial charge on any atom is 0.261 e. The van der Waals surface area contributed by atoms with Gasteiger partial charge < -0.3 is 15.0 Å². The lowest BCUT2D eigenvalue weighted by atomic mass is 10.0. The molecule has 0 aliphatic carbocycles. The number of rotatable bonds is 9. The van der Waals surface area contributed by atoms with Crippen molar-refractivity contribution in [3.63, 3.8) is 0 Å². The van der Waals surface area contributed by atoms with Crippen molar-refractivity contribution in [2.24, 2.45) is 0 Å². The topological polar surface area (TPSA) is 58.6 Å². The van der Waals surface area contributed by atoms with Gasteiger partial charge in [-0.2, -0.15) is 0 Å². The number of benzene rings is 2. The van der Waals surface area contributed by atoms with Crippen molar-refractivity contribution < 1.29 is 14.3 Å². The maximum atomic E-state index is 13.1. The molecule has 2 aromatic carbocycles. The molecule has 5 nitrogen and oxygen atoms in total. The lowest BCUT2D eigenvalue weighted by molar-refractivity contribution is -0.142. The largest absolute Gasteiger partial charge is 0.483 e. The summed E-state index contributed by atoms with van der Waals surface area (Å²) in [7, 11) is 0. The van der Waals surface area contributed by atoms with Crippen LogP contribution in [-0.4, -0.2) is 35.9 Å². The average Bonchev–Trinajstić information content (AvgIpc) is 2.72. The number of hydrogen-bond acceptors (Lipinski definition) is 3. The molecule has 1 atom stereocenters.